The molecular weight excluding hydrogens is 475 g/mol. The largest absolute Gasteiger partial charge is 0.412 e. The van der Waals surface area contributed by atoms with Crippen LogP contribution in [-0.4, -0.2) is 31.6 Å². The van der Waals surface area contributed by atoms with Crippen LogP contribution in [0.4, 0.5) is 11.6 Å². The van der Waals surface area contributed by atoms with Crippen molar-refractivity contribution >= 4 is 45.9 Å². The van der Waals surface area contributed by atoms with Gasteiger partial charge in [0, 0.05) is 35.2 Å². The minimum absolute atomic E-state index is 0.294. The van der Waals surface area contributed by atoms with Crippen molar-refractivity contribution in [3.05, 3.63) is 99.2 Å². The molecule has 0 bridgehead atoms. The average Bonchev–Trinajstić information content (AvgIpc) is 3.34. The number of benzene rings is 2. The number of aromatic nitrogens is 5. The van der Waals surface area contributed by atoms with Gasteiger partial charge in [-0.05, 0) is 42.0 Å². The van der Waals surface area contributed by atoms with Crippen molar-refractivity contribution in [3.63, 3.8) is 0 Å². The Morgan fingerprint density at radius 2 is 1.82 bits per heavy atom. The highest BCUT2D eigenvalue weighted by molar-refractivity contribution is 6.39. The minimum Gasteiger partial charge on any atom is -0.412 e. The molecule has 0 aliphatic heterocycles. The van der Waals surface area contributed by atoms with Gasteiger partial charge in [-0.1, -0.05) is 41.4 Å². The maximum Gasteiger partial charge on any atom is 0.293 e. The third-order valence-corrected chi connectivity index (χ3v) is 5.86. The summed E-state index contributed by atoms with van der Waals surface area (Å²) in [6.07, 6.45) is 5.27. The molecule has 0 radical (unpaired) electrons. The quantitative estimate of drug-likeness (QED) is 0.365. The lowest BCUT2D eigenvalue weighted by molar-refractivity contribution is 0.168. The van der Waals surface area contributed by atoms with Crippen molar-refractivity contribution in [2.24, 2.45) is 0 Å². The number of halogens is 2. The van der Waals surface area contributed by atoms with Crippen LogP contribution in [0.3, 0.4) is 0 Å². The lowest BCUT2D eigenvalue weighted by Crippen LogP contribution is -2.27. The number of anilines is 2. The third-order valence-electron chi connectivity index (χ3n) is 5.23. The Hall–Kier alpha value is -3.88. The topological polar surface area (TPSA) is 86.9 Å². The van der Waals surface area contributed by atoms with E-state index < -0.39 is 5.56 Å². The summed E-state index contributed by atoms with van der Waals surface area (Å²) in [7, 11) is 1.40. The van der Waals surface area contributed by atoms with E-state index in [4.69, 9.17) is 28.0 Å². The van der Waals surface area contributed by atoms with Gasteiger partial charge in [-0.3, -0.25) is 9.48 Å². The first-order valence-electron chi connectivity index (χ1n) is 10.3. The highest BCUT2D eigenvalue weighted by atomic mass is 35.5. The summed E-state index contributed by atoms with van der Waals surface area (Å²) >= 11 is 12.7. The van der Waals surface area contributed by atoms with Crippen LogP contribution in [0, 0.1) is 0 Å². The first-order chi connectivity index (χ1) is 16.5. The molecule has 3 aromatic heterocycles. The van der Waals surface area contributed by atoms with E-state index in [1.165, 1.54) is 7.11 Å². The van der Waals surface area contributed by atoms with Crippen molar-refractivity contribution in [2.45, 2.75) is 6.54 Å². The molecule has 5 aromatic rings. The molecule has 0 aliphatic carbocycles. The lowest BCUT2D eigenvalue weighted by Gasteiger charge is -2.13. The van der Waals surface area contributed by atoms with Crippen LogP contribution in [0.25, 0.3) is 22.2 Å². The van der Waals surface area contributed by atoms with Crippen LogP contribution in [0.15, 0.2) is 78.0 Å². The summed E-state index contributed by atoms with van der Waals surface area (Å²) in [5, 5.41) is 8.69. The van der Waals surface area contributed by atoms with Crippen molar-refractivity contribution in [1.29, 1.82) is 0 Å². The van der Waals surface area contributed by atoms with Crippen LogP contribution in [0.2, 0.25) is 10.0 Å². The zero-order valence-electron chi connectivity index (χ0n) is 17.9. The summed E-state index contributed by atoms with van der Waals surface area (Å²) in [6.45, 7) is 0.678. The highest BCUT2D eigenvalue weighted by Gasteiger charge is 2.18. The molecule has 1 N–H and O–H groups in total. The van der Waals surface area contributed by atoms with E-state index >= 15 is 0 Å². The maximum absolute atomic E-state index is 13.2. The van der Waals surface area contributed by atoms with Gasteiger partial charge in [-0.25, -0.2) is 4.98 Å². The zero-order chi connectivity index (χ0) is 23.7. The predicted octanol–water partition coefficient (Wildman–Crippen LogP) is 4.81. The van der Waals surface area contributed by atoms with Crippen LogP contribution < -0.4 is 15.7 Å². The van der Waals surface area contributed by atoms with E-state index in [-0.39, 0.29) is 0 Å². The van der Waals surface area contributed by atoms with E-state index in [2.05, 4.69) is 20.4 Å². The number of rotatable bonds is 6. The van der Waals surface area contributed by atoms with Crippen molar-refractivity contribution < 1.29 is 4.84 Å². The first kappa shape index (κ1) is 21.9. The summed E-state index contributed by atoms with van der Waals surface area (Å²) in [5.41, 5.74) is 2.51. The number of hydrogen-bond acceptors (Lipinski definition) is 6. The Balaban J connectivity index is 1.48. The molecule has 5 rings (SSSR count). The highest BCUT2D eigenvalue weighted by Crippen LogP contribution is 2.33. The molecule has 0 atom stereocenters. The number of fused-ring (bicyclic) bond motifs is 1. The molecule has 0 saturated heterocycles. The second kappa shape index (κ2) is 9.17. The molecule has 10 heteroatoms. The smallest absolute Gasteiger partial charge is 0.293 e. The van der Waals surface area contributed by atoms with Crippen molar-refractivity contribution in [1.82, 2.24) is 24.5 Å². The van der Waals surface area contributed by atoms with Crippen LogP contribution >= 0.6 is 23.2 Å². The van der Waals surface area contributed by atoms with Gasteiger partial charge in [0.25, 0.3) is 5.56 Å². The summed E-state index contributed by atoms with van der Waals surface area (Å²) in [5.74, 6) is 0.320. The predicted molar refractivity (Wildman–Crippen MR) is 133 cm³/mol. The summed E-state index contributed by atoms with van der Waals surface area (Å²) in [4.78, 5) is 27.4. The Bertz CT molecular complexity index is 1510. The molecule has 0 unspecified atom stereocenters. The normalized spacial score (nSPS) is 11.0. The van der Waals surface area contributed by atoms with E-state index in [0.717, 1.165) is 16.0 Å². The van der Waals surface area contributed by atoms with Crippen molar-refractivity contribution in [2.75, 3.05) is 12.4 Å². The summed E-state index contributed by atoms with van der Waals surface area (Å²) < 4.78 is 2.95. The van der Waals surface area contributed by atoms with E-state index in [1.54, 1.807) is 36.7 Å². The summed E-state index contributed by atoms with van der Waals surface area (Å²) in [6, 6.07) is 16.5. The average molecular weight is 493 g/mol. The monoisotopic (exact) mass is 492 g/mol. The van der Waals surface area contributed by atoms with Gasteiger partial charge in [0.2, 0.25) is 5.95 Å². The molecule has 0 saturated carbocycles. The number of hydrogen-bond donors (Lipinski definition) is 1. The Morgan fingerprint density at radius 1 is 1.06 bits per heavy atom. The molecule has 0 fully saturated rings. The fourth-order valence-corrected chi connectivity index (χ4v) is 4.24. The lowest BCUT2D eigenvalue weighted by atomic mass is 10.1. The standard InChI is InChI=1S/C24H18Cl2N6O2/c1-34-32-22-16(12-18(23(32)33)21-19(25)4-2-5-20(21)26)13-27-24(30-22)29-17-8-6-15(7-9-17)14-31-11-3-10-28-31/h2-13H,14H2,1H3,(H,27,29,30). The van der Waals surface area contributed by atoms with Crippen LogP contribution in [0.1, 0.15) is 5.56 Å². The fraction of sp³-hybridized carbons (Fsp3) is 0.0833. The molecule has 0 aliphatic rings. The maximum atomic E-state index is 13.2. The van der Waals surface area contributed by atoms with Crippen LogP contribution in [0.5, 0.6) is 0 Å². The molecule has 0 spiro atoms. The van der Waals surface area contributed by atoms with Gasteiger partial charge in [-0.2, -0.15) is 10.1 Å². The number of nitrogens with one attached hydrogen (secondary N) is 1. The SMILES string of the molecule is COn1c(=O)c(-c2c(Cl)cccc2Cl)cc2cnc(Nc3ccc(Cn4cccn4)cc3)nc21. The Labute approximate surface area is 204 Å². The first-order valence-corrected chi connectivity index (χ1v) is 11.0. The Morgan fingerprint density at radius 3 is 2.50 bits per heavy atom. The van der Waals surface area contributed by atoms with Gasteiger partial charge in [0.1, 0.15) is 7.11 Å². The number of nitrogens with zero attached hydrogens (tertiary/aromatic N) is 5. The zero-order valence-corrected chi connectivity index (χ0v) is 19.5. The molecule has 3 heterocycles. The fourth-order valence-electron chi connectivity index (χ4n) is 3.64. The Kier molecular flexibility index (Phi) is 5.91. The van der Waals surface area contributed by atoms with Gasteiger partial charge in [-0.15, -0.1) is 4.73 Å². The van der Waals surface area contributed by atoms with Gasteiger partial charge < -0.3 is 10.2 Å². The van der Waals surface area contributed by atoms with Crippen molar-refractivity contribution in [3.8, 4) is 11.1 Å². The van der Waals surface area contributed by atoms with Gasteiger partial charge >= 0.3 is 0 Å². The van der Waals surface area contributed by atoms with Crippen LogP contribution in [-0.2, 0) is 6.54 Å². The molecule has 2 aromatic carbocycles. The second-order valence-electron chi connectivity index (χ2n) is 7.43. The molecule has 8 nitrogen and oxygen atoms in total. The van der Waals surface area contributed by atoms with Gasteiger partial charge in [0.05, 0.1) is 22.2 Å². The van der Waals surface area contributed by atoms with E-state index in [1.807, 2.05) is 41.2 Å². The van der Waals surface area contributed by atoms with E-state index in [9.17, 15) is 4.79 Å². The third kappa shape index (κ3) is 4.21. The molecular formula is C24H18Cl2N6O2. The molecule has 34 heavy (non-hydrogen) atoms. The molecule has 170 valence electrons. The second-order valence-corrected chi connectivity index (χ2v) is 8.25. The van der Waals surface area contributed by atoms with E-state index in [0.29, 0.717) is 44.7 Å². The van der Waals surface area contributed by atoms with Gasteiger partial charge in [0.15, 0.2) is 5.65 Å². The number of pyridine rings is 1. The minimum atomic E-state index is -0.433. The molecule has 0 amide bonds.